The molecule has 0 aliphatic rings. The number of nitrogens with zero attached hydrogens (tertiary/aromatic N) is 1. The molecular weight excluding hydrogens is 168 g/mol. The molecule has 0 bridgehead atoms. The highest BCUT2D eigenvalue weighted by Crippen LogP contribution is 2.23. The molecule has 13 heavy (non-hydrogen) atoms. The molecule has 4 nitrogen and oxygen atoms in total. The van der Waals surface area contributed by atoms with Crippen LogP contribution >= 0.6 is 0 Å². The van der Waals surface area contributed by atoms with Crippen LogP contribution in [-0.4, -0.2) is 18.3 Å². The Morgan fingerprint density at radius 1 is 1.62 bits per heavy atom. The zero-order valence-corrected chi connectivity index (χ0v) is 7.07. The lowest BCUT2D eigenvalue weighted by molar-refractivity contribution is 0.110. The quantitative estimate of drug-likeness (QED) is 0.707. The van der Waals surface area contributed by atoms with Gasteiger partial charge in [-0.2, -0.15) is 0 Å². The first-order chi connectivity index (χ1) is 6.35. The molecule has 0 saturated carbocycles. The highest BCUT2D eigenvalue weighted by molar-refractivity contribution is 5.92. The van der Waals surface area contributed by atoms with Crippen LogP contribution in [0.15, 0.2) is 22.7 Å². The van der Waals surface area contributed by atoms with Crippen molar-refractivity contribution in [2.24, 2.45) is 0 Å². The van der Waals surface area contributed by atoms with E-state index in [1.807, 2.05) is 0 Å². The number of rotatable bonds is 2. The summed E-state index contributed by atoms with van der Waals surface area (Å²) in [4.78, 5) is 14.5. The lowest BCUT2D eigenvalue weighted by Gasteiger charge is -1.97. The molecule has 4 heteroatoms. The monoisotopic (exact) mass is 176 g/mol. The molecule has 2 aromatic heterocycles. The number of aldehydes is 1. The zero-order chi connectivity index (χ0) is 9.26. The number of nitrogens with one attached hydrogen (secondary N) is 1. The van der Waals surface area contributed by atoms with Crippen molar-refractivity contribution in [3.63, 3.8) is 0 Å². The van der Waals surface area contributed by atoms with Gasteiger partial charge in [0, 0.05) is 13.2 Å². The van der Waals surface area contributed by atoms with Crippen LogP contribution in [0.25, 0.3) is 11.0 Å². The fraction of sp³-hybridized carbons (Fsp3) is 0.111. The molecule has 0 amide bonds. The maximum atomic E-state index is 10.4. The predicted molar refractivity (Wildman–Crippen MR) is 48.9 cm³/mol. The van der Waals surface area contributed by atoms with E-state index in [9.17, 15) is 4.79 Å². The molecule has 0 aliphatic heterocycles. The molecular formula is C9H8N2O2. The van der Waals surface area contributed by atoms with E-state index in [1.54, 1.807) is 25.4 Å². The van der Waals surface area contributed by atoms with Gasteiger partial charge in [-0.15, -0.1) is 0 Å². The number of hydrogen-bond acceptors (Lipinski definition) is 4. The fourth-order valence-electron chi connectivity index (χ4n) is 1.24. The summed E-state index contributed by atoms with van der Waals surface area (Å²) in [7, 11) is 1.77. The number of anilines is 1. The van der Waals surface area contributed by atoms with Gasteiger partial charge in [0.2, 0.25) is 0 Å². The average Bonchev–Trinajstić information content (AvgIpc) is 2.59. The van der Waals surface area contributed by atoms with E-state index in [0.717, 1.165) is 5.39 Å². The first kappa shape index (κ1) is 7.79. The molecule has 0 atom stereocenters. The first-order valence-corrected chi connectivity index (χ1v) is 3.86. The van der Waals surface area contributed by atoms with Crippen molar-refractivity contribution in [3.05, 3.63) is 24.1 Å². The summed E-state index contributed by atoms with van der Waals surface area (Å²) >= 11 is 0. The summed E-state index contributed by atoms with van der Waals surface area (Å²) in [5.41, 5.74) is 0.668. The number of carbonyl (C=O) groups excluding carboxylic acids is 1. The number of aromatic nitrogens is 1. The van der Waals surface area contributed by atoms with Crippen molar-refractivity contribution in [1.82, 2.24) is 4.98 Å². The maximum Gasteiger partial charge on any atom is 0.185 e. The first-order valence-electron chi connectivity index (χ1n) is 3.86. The Balaban J connectivity index is 2.74. The number of pyridine rings is 1. The minimum Gasteiger partial charge on any atom is -0.453 e. The third-order valence-electron chi connectivity index (χ3n) is 1.82. The molecule has 0 unspecified atom stereocenters. The minimum atomic E-state index is 0.319. The minimum absolute atomic E-state index is 0.319. The van der Waals surface area contributed by atoms with Gasteiger partial charge < -0.3 is 9.73 Å². The summed E-state index contributed by atoms with van der Waals surface area (Å²) in [5, 5.41) is 3.75. The second-order valence-electron chi connectivity index (χ2n) is 2.59. The Morgan fingerprint density at radius 3 is 3.15 bits per heavy atom. The van der Waals surface area contributed by atoms with Gasteiger partial charge in [-0.25, -0.2) is 4.98 Å². The van der Waals surface area contributed by atoms with Gasteiger partial charge >= 0.3 is 0 Å². The number of hydrogen-bond donors (Lipinski definition) is 1. The van der Waals surface area contributed by atoms with E-state index in [-0.39, 0.29) is 0 Å². The van der Waals surface area contributed by atoms with Crippen LogP contribution < -0.4 is 5.32 Å². The molecule has 0 saturated heterocycles. The van der Waals surface area contributed by atoms with Crippen LogP contribution in [0, 0.1) is 0 Å². The van der Waals surface area contributed by atoms with Gasteiger partial charge in [-0.1, -0.05) is 0 Å². The van der Waals surface area contributed by atoms with Gasteiger partial charge in [0.25, 0.3) is 0 Å². The third-order valence-corrected chi connectivity index (χ3v) is 1.82. The van der Waals surface area contributed by atoms with Crippen molar-refractivity contribution < 1.29 is 9.21 Å². The standard InChI is InChI=1S/C9H8N2O2/c1-10-9-7-4-6(5-12)13-8(7)2-3-11-9/h2-5H,1H3,(H,10,11). The largest absolute Gasteiger partial charge is 0.453 e. The Bertz CT molecular complexity index is 448. The van der Waals surface area contributed by atoms with Crippen molar-refractivity contribution in [3.8, 4) is 0 Å². The van der Waals surface area contributed by atoms with E-state index >= 15 is 0 Å². The summed E-state index contributed by atoms with van der Waals surface area (Å²) in [6, 6.07) is 3.39. The van der Waals surface area contributed by atoms with Crippen LogP contribution in [-0.2, 0) is 0 Å². The summed E-state index contributed by atoms with van der Waals surface area (Å²) in [5.74, 6) is 1.04. The molecule has 2 heterocycles. The summed E-state index contributed by atoms with van der Waals surface area (Å²) in [6.45, 7) is 0. The normalized spacial score (nSPS) is 10.2. The molecule has 0 radical (unpaired) electrons. The molecule has 1 N–H and O–H groups in total. The summed E-state index contributed by atoms with van der Waals surface area (Å²) in [6.07, 6.45) is 2.31. The Hall–Kier alpha value is -1.84. The van der Waals surface area contributed by atoms with Gasteiger partial charge in [0.1, 0.15) is 11.4 Å². The van der Waals surface area contributed by atoms with Crippen molar-refractivity contribution >= 4 is 23.1 Å². The van der Waals surface area contributed by atoms with Crippen molar-refractivity contribution in [2.45, 2.75) is 0 Å². The molecule has 2 aromatic rings. The Kier molecular flexibility index (Phi) is 1.73. The van der Waals surface area contributed by atoms with Crippen molar-refractivity contribution in [2.75, 3.05) is 12.4 Å². The average molecular weight is 176 g/mol. The van der Waals surface area contributed by atoms with Crippen LogP contribution in [0.4, 0.5) is 5.82 Å². The topological polar surface area (TPSA) is 55.1 Å². The highest BCUT2D eigenvalue weighted by atomic mass is 16.3. The lowest BCUT2D eigenvalue weighted by Crippen LogP contribution is -1.90. The van der Waals surface area contributed by atoms with Crippen LogP contribution in [0.2, 0.25) is 0 Å². The molecule has 0 fully saturated rings. The van der Waals surface area contributed by atoms with Gasteiger partial charge in [0.05, 0.1) is 5.39 Å². The Labute approximate surface area is 74.6 Å². The number of furan rings is 1. The number of carbonyl (C=O) groups is 1. The van der Waals surface area contributed by atoms with Crippen molar-refractivity contribution in [1.29, 1.82) is 0 Å². The smallest absolute Gasteiger partial charge is 0.185 e. The van der Waals surface area contributed by atoms with Gasteiger partial charge in [-0.3, -0.25) is 4.79 Å². The molecule has 66 valence electrons. The lowest BCUT2D eigenvalue weighted by atomic mass is 10.3. The van der Waals surface area contributed by atoms with Crippen LogP contribution in [0.3, 0.4) is 0 Å². The second kappa shape index (κ2) is 2.90. The zero-order valence-electron chi connectivity index (χ0n) is 7.07. The SMILES string of the molecule is CNc1nccc2oc(C=O)cc12. The van der Waals surface area contributed by atoms with Crippen LogP contribution in [0.1, 0.15) is 10.6 Å². The Morgan fingerprint density at radius 2 is 2.46 bits per heavy atom. The highest BCUT2D eigenvalue weighted by Gasteiger charge is 2.06. The molecule has 2 rings (SSSR count). The second-order valence-corrected chi connectivity index (χ2v) is 2.59. The molecule has 0 spiro atoms. The predicted octanol–water partition coefficient (Wildman–Crippen LogP) is 1.68. The molecule has 0 aliphatic carbocycles. The van der Waals surface area contributed by atoms with E-state index in [4.69, 9.17) is 4.42 Å². The van der Waals surface area contributed by atoms with E-state index in [1.165, 1.54) is 0 Å². The number of fused-ring (bicyclic) bond motifs is 1. The van der Waals surface area contributed by atoms with Gasteiger partial charge in [-0.05, 0) is 12.1 Å². The van der Waals surface area contributed by atoms with Gasteiger partial charge in [0.15, 0.2) is 12.0 Å². The summed E-state index contributed by atoms with van der Waals surface area (Å²) < 4.78 is 5.21. The maximum absolute atomic E-state index is 10.4. The van der Waals surface area contributed by atoms with E-state index in [2.05, 4.69) is 10.3 Å². The molecule has 0 aromatic carbocycles. The van der Waals surface area contributed by atoms with Crippen LogP contribution in [0.5, 0.6) is 0 Å². The van der Waals surface area contributed by atoms with E-state index < -0.39 is 0 Å². The van der Waals surface area contributed by atoms with E-state index in [0.29, 0.717) is 23.4 Å². The third kappa shape index (κ3) is 1.16. The fourth-order valence-corrected chi connectivity index (χ4v) is 1.24.